The molecule has 0 saturated carbocycles. The molecule has 29 heavy (non-hydrogen) atoms. The van der Waals surface area contributed by atoms with Gasteiger partial charge in [-0.1, -0.05) is 30.3 Å². The Morgan fingerprint density at radius 2 is 1.66 bits per heavy atom. The SMILES string of the molecule is CC(C)(C)N(N=Cc1ccccc1OC(=O)c1ccco1)C(=O)c1ccccc1. The lowest BCUT2D eigenvalue weighted by Gasteiger charge is -2.31. The number of carbonyl (C=O) groups is 2. The Morgan fingerprint density at radius 3 is 2.31 bits per heavy atom. The maximum atomic E-state index is 12.9. The second-order valence-corrected chi connectivity index (χ2v) is 7.30. The van der Waals surface area contributed by atoms with Crippen molar-refractivity contribution in [2.75, 3.05) is 0 Å². The van der Waals surface area contributed by atoms with Crippen LogP contribution in [-0.2, 0) is 0 Å². The first-order valence-corrected chi connectivity index (χ1v) is 9.14. The second kappa shape index (κ2) is 8.56. The molecule has 0 unspecified atom stereocenters. The third-order valence-corrected chi connectivity index (χ3v) is 4.00. The van der Waals surface area contributed by atoms with E-state index < -0.39 is 11.5 Å². The predicted octanol–water partition coefficient (Wildman–Crippen LogP) is 4.77. The quantitative estimate of drug-likeness (QED) is 0.272. The second-order valence-electron chi connectivity index (χ2n) is 7.30. The van der Waals surface area contributed by atoms with Crippen LogP contribution < -0.4 is 4.74 Å². The van der Waals surface area contributed by atoms with Gasteiger partial charge in [0.1, 0.15) is 5.75 Å². The van der Waals surface area contributed by atoms with Crippen LogP contribution in [0.2, 0.25) is 0 Å². The highest BCUT2D eigenvalue weighted by Crippen LogP contribution is 2.21. The molecule has 0 bridgehead atoms. The van der Waals surface area contributed by atoms with E-state index in [9.17, 15) is 9.59 Å². The van der Waals surface area contributed by atoms with Gasteiger partial charge in [0.05, 0.1) is 18.0 Å². The molecule has 1 heterocycles. The highest BCUT2D eigenvalue weighted by molar-refractivity contribution is 5.96. The van der Waals surface area contributed by atoms with Crippen LogP contribution in [0.3, 0.4) is 0 Å². The monoisotopic (exact) mass is 390 g/mol. The van der Waals surface area contributed by atoms with Crippen LogP contribution in [0.1, 0.15) is 47.2 Å². The van der Waals surface area contributed by atoms with Gasteiger partial charge < -0.3 is 9.15 Å². The molecule has 148 valence electrons. The average Bonchev–Trinajstić information content (AvgIpc) is 3.24. The Morgan fingerprint density at radius 1 is 0.966 bits per heavy atom. The molecular formula is C23H22N2O4. The lowest BCUT2D eigenvalue weighted by atomic mass is 10.1. The molecule has 6 heteroatoms. The lowest BCUT2D eigenvalue weighted by molar-refractivity contribution is 0.0592. The molecule has 1 aromatic heterocycles. The highest BCUT2D eigenvalue weighted by atomic mass is 16.5. The number of amides is 1. The summed E-state index contributed by atoms with van der Waals surface area (Å²) in [5.41, 5.74) is 0.545. The summed E-state index contributed by atoms with van der Waals surface area (Å²) >= 11 is 0. The van der Waals surface area contributed by atoms with Crippen molar-refractivity contribution in [1.29, 1.82) is 0 Å². The van der Waals surface area contributed by atoms with E-state index in [1.807, 2.05) is 26.8 Å². The van der Waals surface area contributed by atoms with Crippen molar-refractivity contribution in [3.05, 3.63) is 89.9 Å². The molecule has 0 atom stereocenters. The fourth-order valence-electron chi connectivity index (χ4n) is 2.58. The molecule has 0 saturated heterocycles. The Balaban J connectivity index is 1.86. The smallest absolute Gasteiger partial charge is 0.379 e. The summed E-state index contributed by atoms with van der Waals surface area (Å²) in [6, 6.07) is 19.0. The third-order valence-electron chi connectivity index (χ3n) is 4.00. The molecule has 3 aromatic rings. The first kappa shape index (κ1) is 20.1. The number of esters is 1. The number of benzene rings is 2. The topological polar surface area (TPSA) is 72.1 Å². The van der Waals surface area contributed by atoms with Crippen molar-refractivity contribution >= 4 is 18.1 Å². The Hall–Kier alpha value is -3.67. The molecular weight excluding hydrogens is 368 g/mol. The van der Waals surface area contributed by atoms with Gasteiger partial charge in [-0.25, -0.2) is 9.80 Å². The zero-order chi connectivity index (χ0) is 20.9. The summed E-state index contributed by atoms with van der Waals surface area (Å²) in [4.78, 5) is 25.1. The van der Waals surface area contributed by atoms with Gasteiger partial charge in [-0.05, 0) is 57.2 Å². The summed E-state index contributed by atoms with van der Waals surface area (Å²) in [6.07, 6.45) is 2.91. The van der Waals surface area contributed by atoms with Gasteiger partial charge in [0.25, 0.3) is 5.91 Å². The molecule has 0 N–H and O–H groups in total. The van der Waals surface area contributed by atoms with Crippen molar-refractivity contribution in [3.63, 3.8) is 0 Å². The summed E-state index contributed by atoms with van der Waals surface area (Å²) in [6.45, 7) is 5.69. The average molecular weight is 390 g/mol. The Labute approximate surface area is 169 Å². The number of hydrogen-bond donors (Lipinski definition) is 0. The van der Waals surface area contributed by atoms with E-state index >= 15 is 0 Å². The molecule has 2 aromatic carbocycles. The molecule has 0 fully saturated rings. The first-order valence-electron chi connectivity index (χ1n) is 9.14. The zero-order valence-electron chi connectivity index (χ0n) is 16.5. The van der Waals surface area contributed by atoms with Gasteiger partial charge >= 0.3 is 5.97 Å². The van der Waals surface area contributed by atoms with Crippen LogP contribution in [0.15, 0.2) is 82.5 Å². The molecule has 0 radical (unpaired) electrons. The minimum Gasteiger partial charge on any atom is -0.457 e. The molecule has 3 rings (SSSR count). The summed E-state index contributed by atoms with van der Waals surface area (Å²) in [7, 11) is 0. The van der Waals surface area contributed by atoms with E-state index in [-0.39, 0.29) is 11.7 Å². The van der Waals surface area contributed by atoms with Crippen LogP contribution in [0.25, 0.3) is 0 Å². The minimum atomic E-state index is -0.608. The van der Waals surface area contributed by atoms with Crippen molar-refractivity contribution in [1.82, 2.24) is 5.01 Å². The number of furan rings is 1. The van der Waals surface area contributed by atoms with Crippen LogP contribution in [0.4, 0.5) is 0 Å². The predicted molar refractivity (Wildman–Crippen MR) is 110 cm³/mol. The number of nitrogens with zero attached hydrogens (tertiary/aromatic N) is 2. The number of hydrazone groups is 1. The van der Waals surface area contributed by atoms with E-state index in [1.165, 1.54) is 23.6 Å². The van der Waals surface area contributed by atoms with Crippen LogP contribution >= 0.6 is 0 Å². The van der Waals surface area contributed by atoms with E-state index in [0.717, 1.165) is 0 Å². The van der Waals surface area contributed by atoms with E-state index in [0.29, 0.717) is 16.9 Å². The summed E-state index contributed by atoms with van der Waals surface area (Å²) in [5, 5.41) is 5.83. The van der Waals surface area contributed by atoms with Gasteiger partial charge in [-0.3, -0.25) is 4.79 Å². The van der Waals surface area contributed by atoms with Crippen LogP contribution in [-0.4, -0.2) is 28.6 Å². The minimum absolute atomic E-state index is 0.104. The fraction of sp³-hybridized carbons (Fsp3) is 0.174. The first-order chi connectivity index (χ1) is 13.9. The van der Waals surface area contributed by atoms with Gasteiger partial charge in [-0.2, -0.15) is 5.10 Å². The van der Waals surface area contributed by atoms with Crippen molar-refractivity contribution in [2.45, 2.75) is 26.3 Å². The maximum absolute atomic E-state index is 12.9. The largest absolute Gasteiger partial charge is 0.457 e. The molecule has 0 aliphatic rings. The summed E-state index contributed by atoms with van der Waals surface area (Å²) < 4.78 is 10.5. The van der Waals surface area contributed by atoms with Gasteiger partial charge in [0, 0.05) is 11.1 Å². The van der Waals surface area contributed by atoms with Gasteiger partial charge in [0.15, 0.2) is 0 Å². The standard InChI is InChI=1S/C23H22N2O4/c1-23(2,3)25(21(26)17-10-5-4-6-11-17)24-16-18-12-7-8-13-19(18)29-22(27)20-14-9-15-28-20/h4-16H,1-3H3. The van der Waals surface area contributed by atoms with E-state index in [2.05, 4.69) is 5.10 Å². The molecule has 1 amide bonds. The number of ether oxygens (including phenoxy) is 1. The number of hydrogen-bond acceptors (Lipinski definition) is 5. The zero-order valence-corrected chi connectivity index (χ0v) is 16.5. The lowest BCUT2D eigenvalue weighted by Crippen LogP contribution is -2.42. The van der Waals surface area contributed by atoms with Crippen LogP contribution in [0, 0.1) is 0 Å². The Bertz CT molecular complexity index is 1000. The number of para-hydroxylation sites is 1. The van der Waals surface area contributed by atoms with Crippen molar-refractivity contribution in [2.24, 2.45) is 5.10 Å². The molecule has 0 aliphatic carbocycles. The third kappa shape index (κ3) is 4.99. The number of rotatable bonds is 5. The number of carbonyl (C=O) groups excluding carboxylic acids is 2. The van der Waals surface area contributed by atoms with Crippen molar-refractivity contribution in [3.8, 4) is 5.75 Å². The van der Waals surface area contributed by atoms with Gasteiger partial charge in [-0.15, -0.1) is 0 Å². The van der Waals surface area contributed by atoms with Gasteiger partial charge in [0.2, 0.25) is 5.76 Å². The maximum Gasteiger partial charge on any atom is 0.379 e. The fourth-order valence-corrected chi connectivity index (χ4v) is 2.58. The normalized spacial score (nSPS) is 11.4. The molecule has 0 spiro atoms. The van der Waals surface area contributed by atoms with E-state index in [4.69, 9.17) is 9.15 Å². The van der Waals surface area contributed by atoms with Crippen LogP contribution in [0.5, 0.6) is 5.75 Å². The Kier molecular flexibility index (Phi) is 5.93. The highest BCUT2D eigenvalue weighted by Gasteiger charge is 2.27. The molecule has 0 aliphatic heterocycles. The summed E-state index contributed by atoms with van der Waals surface area (Å²) in [5.74, 6) is -0.408. The van der Waals surface area contributed by atoms with Crippen molar-refractivity contribution < 1.29 is 18.7 Å². The van der Waals surface area contributed by atoms with E-state index in [1.54, 1.807) is 54.6 Å². The molecule has 6 nitrogen and oxygen atoms in total.